The van der Waals surface area contributed by atoms with E-state index in [-0.39, 0.29) is 0 Å². The molecule has 2 aromatic rings. The minimum absolute atomic E-state index is 0.453. The van der Waals surface area contributed by atoms with Gasteiger partial charge in [0, 0.05) is 4.47 Å². The van der Waals surface area contributed by atoms with Crippen molar-refractivity contribution < 1.29 is 0 Å². The Morgan fingerprint density at radius 3 is 1.89 bits per heavy atom. The third-order valence-corrected chi connectivity index (χ3v) is 4.06. The molecular formula is C17H20BrN. The van der Waals surface area contributed by atoms with Gasteiger partial charge in [-0.1, -0.05) is 65.7 Å². The van der Waals surface area contributed by atoms with Gasteiger partial charge < -0.3 is 5.73 Å². The van der Waals surface area contributed by atoms with Crippen LogP contribution in [0, 0.1) is 0 Å². The fraction of sp³-hybridized carbons (Fsp3) is 0.294. The van der Waals surface area contributed by atoms with E-state index in [0.29, 0.717) is 0 Å². The first kappa shape index (κ1) is 14.3. The molecule has 0 bridgehead atoms. The maximum atomic E-state index is 6.52. The molecule has 100 valence electrons. The van der Waals surface area contributed by atoms with Crippen LogP contribution in [0.25, 0.3) is 0 Å². The molecule has 0 aliphatic carbocycles. The normalized spacial score (nSPS) is 14.1. The number of aryl methyl sites for hydroxylation is 1. The van der Waals surface area contributed by atoms with E-state index >= 15 is 0 Å². The van der Waals surface area contributed by atoms with Gasteiger partial charge in [0.25, 0.3) is 0 Å². The third-order valence-electron chi connectivity index (χ3n) is 3.54. The van der Waals surface area contributed by atoms with E-state index in [1.54, 1.807) is 0 Å². The van der Waals surface area contributed by atoms with Crippen molar-refractivity contribution in [3.8, 4) is 0 Å². The van der Waals surface area contributed by atoms with Crippen molar-refractivity contribution in [2.24, 2.45) is 5.73 Å². The average molecular weight is 318 g/mol. The van der Waals surface area contributed by atoms with Gasteiger partial charge in [-0.3, -0.25) is 0 Å². The van der Waals surface area contributed by atoms with E-state index in [9.17, 15) is 0 Å². The molecule has 19 heavy (non-hydrogen) atoms. The molecule has 0 saturated heterocycles. The zero-order valence-electron chi connectivity index (χ0n) is 11.5. The SMILES string of the molecule is CCCc1ccc(C(C)(N)c2ccc(Br)cc2)cc1. The lowest BCUT2D eigenvalue weighted by atomic mass is 9.85. The largest absolute Gasteiger partial charge is 0.318 e. The Balaban J connectivity index is 2.30. The molecule has 0 aliphatic heterocycles. The van der Waals surface area contributed by atoms with Crippen molar-refractivity contribution in [1.29, 1.82) is 0 Å². The van der Waals surface area contributed by atoms with Crippen molar-refractivity contribution in [3.05, 3.63) is 69.7 Å². The molecule has 0 aliphatic rings. The van der Waals surface area contributed by atoms with E-state index in [1.165, 1.54) is 12.0 Å². The summed E-state index contributed by atoms with van der Waals surface area (Å²) in [5.41, 5.74) is 9.71. The molecule has 2 heteroatoms. The fourth-order valence-electron chi connectivity index (χ4n) is 2.27. The highest BCUT2D eigenvalue weighted by Crippen LogP contribution is 2.27. The van der Waals surface area contributed by atoms with Crippen LogP contribution in [0.1, 0.15) is 37.0 Å². The Labute approximate surface area is 124 Å². The molecule has 0 heterocycles. The van der Waals surface area contributed by atoms with Crippen LogP contribution in [0.15, 0.2) is 53.0 Å². The summed E-state index contributed by atoms with van der Waals surface area (Å²) in [6, 6.07) is 16.9. The van der Waals surface area contributed by atoms with Crippen molar-refractivity contribution in [3.63, 3.8) is 0 Å². The smallest absolute Gasteiger partial charge is 0.0636 e. The van der Waals surface area contributed by atoms with Crippen molar-refractivity contribution in [1.82, 2.24) is 0 Å². The molecule has 0 saturated carbocycles. The van der Waals surface area contributed by atoms with Crippen LogP contribution >= 0.6 is 15.9 Å². The number of halogens is 1. The standard InChI is InChI=1S/C17H20BrN/c1-3-4-13-5-7-14(8-6-13)17(2,19)15-9-11-16(18)12-10-15/h5-12H,3-4,19H2,1-2H3. The molecular weight excluding hydrogens is 298 g/mol. The van der Waals surface area contributed by atoms with Crippen LogP contribution in [-0.4, -0.2) is 0 Å². The van der Waals surface area contributed by atoms with Crippen molar-refractivity contribution in [2.75, 3.05) is 0 Å². The summed E-state index contributed by atoms with van der Waals surface area (Å²) < 4.78 is 1.07. The van der Waals surface area contributed by atoms with E-state index in [2.05, 4.69) is 66.2 Å². The zero-order chi connectivity index (χ0) is 13.9. The highest BCUT2D eigenvalue weighted by atomic mass is 79.9. The highest BCUT2D eigenvalue weighted by Gasteiger charge is 2.23. The van der Waals surface area contributed by atoms with Gasteiger partial charge in [0.1, 0.15) is 0 Å². The van der Waals surface area contributed by atoms with Gasteiger partial charge in [-0.2, -0.15) is 0 Å². The number of hydrogen-bond donors (Lipinski definition) is 1. The van der Waals surface area contributed by atoms with Crippen molar-refractivity contribution >= 4 is 15.9 Å². The number of nitrogens with two attached hydrogens (primary N) is 1. The minimum atomic E-state index is -0.453. The molecule has 1 atom stereocenters. The van der Waals surface area contributed by atoms with Crippen LogP contribution < -0.4 is 5.73 Å². The second kappa shape index (κ2) is 5.89. The molecule has 1 unspecified atom stereocenters. The molecule has 1 nitrogen and oxygen atoms in total. The summed E-state index contributed by atoms with van der Waals surface area (Å²) >= 11 is 3.45. The zero-order valence-corrected chi connectivity index (χ0v) is 13.1. The highest BCUT2D eigenvalue weighted by molar-refractivity contribution is 9.10. The molecule has 2 aromatic carbocycles. The minimum Gasteiger partial charge on any atom is -0.318 e. The van der Waals surface area contributed by atoms with Gasteiger partial charge in [0.05, 0.1) is 5.54 Å². The van der Waals surface area contributed by atoms with Crippen LogP contribution in [-0.2, 0) is 12.0 Å². The Kier molecular flexibility index (Phi) is 4.43. The summed E-state index contributed by atoms with van der Waals surface area (Å²) in [6.07, 6.45) is 2.30. The van der Waals surface area contributed by atoms with Crippen LogP contribution in [0.3, 0.4) is 0 Å². The quantitative estimate of drug-likeness (QED) is 0.874. The number of hydrogen-bond acceptors (Lipinski definition) is 1. The summed E-state index contributed by atoms with van der Waals surface area (Å²) in [5.74, 6) is 0. The lowest BCUT2D eigenvalue weighted by Crippen LogP contribution is -2.34. The fourth-order valence-corrected chi connectivity index (χ4v) is 2.53. The summed E-state index contributed by atoms with van der Waals surface area (Å²) in [5, 5.41) is 0. The first-order valence-corrected chi connectivity index (χ1v) is 7.47. The second-order valence-electron chi connectivity index (χ2n) is 5.16. The van der Waals surface area contributed by atoms with Gasteiger partial charge in [-0.25, -0.2) is 0 Å². The molecule has 0 spiro atoms. The molecule has 2 rings (SSSR count). The van der Waals surface area contributed by atoms with E-state index in [4.69, 9.17) is 5.73 Å². The first-order chi connectivity index (χ1) is 9.04. The number of benzene rings is 2. The predicted octanol–water partition coefficient (Wildman–Crippen LogP) is 4.62. The second-order valence-corrected chi connectivity index (χ2v) is 6.07. The third kappa shape index (κ3) is 3.26. The van der Waals surface area contributed by atoms with Gasteiger partial charge in [0.2, 0.25) is 0 Å². The summed E-state index contributed by atoms with van der Waals surface area (Å²) in [7, 11) is 0. The van der Waals surface area contributed by atoms with Crippen LogP contribution in [0.5, 0.6) is 0 Å². The summed E-state index contributed by atoms with van der Waals surface area (Å²) in [4.78, 5) is 0. The molecule has 0 radical (unpaired) electrons. The van der Waals surface area contributed by atoms with E-state index in [1.807, 2.05) is 12.1 Å². The predicted molar refractivity (Wildman–Crippen MR) is 85.2 cm³/mol. The molecule has 0 fully saturated rings. The maximum Gasteiger partial charge on any atom is 0.0636 e. The Hall–Kier alpha value is -1.12. The Morgan fingerprint density at radius 2 is 1.42 bits per heavy atom. The summed E-state index contributed by atoms with van der Waals surface area (Å²) in [6.45, 7) is 4.26. The maximum absolute atomic E-state index is 6.52. The number of rotatable bonds is 4. The van der Waals surface area contributed by atoms with Gasteiger partial charge in [-0.05, 0) is 42.2 Å². The van der Waals surface area contributed by atoms with Crippen LogP contribution in [0.2, 0.25) is 0 Å². The van der Waals surface area contributed by atoms with E-state index < -0.39 is 5.54 Å². The first-order valence-electron chi connectivity index (χ1n) is 6.68. The average Bonchev–Trinajstić information content (AvgIpc) is 2.40. The Morgan fingerprint density at radius 1 is 0.947 bits per heavy atom. The van der Waals surface area contributed by atoms with Gasteiger partial charge in [0.15, 0.2) is 0 Å². The lowest BCUT2D eigenvalue weighted by molar-refractivity contribution is 0.602. The molecule has 0 aromatic heterocycles. The van der Waals surface area contributed by atoms with Gasteiger partial charge in [-0.15, -0.1) is 0 Å². The monoisotopic (exact) mass is 317 g/mol. The Bertz CT molecular complexity index is 526. The van der Waals surface area contributed by atoms with E-state index in [0.717, 1.165) is 22.0 Å². The molecule has 2 N–H and O–H groups in total. The van der Waals surface area contributed by atoms with Gasteiger partial charge >= 0.3 is 0 Å². The topological polar surface area (TPSA) is 26.0 Å². The lowest BCUT2D eigenvalue weighted by Gasteiger charge is -2.26. The van der Waals surface area contributed by atoms with Crippen LogP contribution in [0.4, 0.5) is 0 Å². The molecule has 0 amide bonds. The van der Waals surface area contributed by atoms with Crippen molar-refractivity contribution in [2.45, 2.75) is 32.2 Å².